The zero-order valence-corrected chi connectivity index (χ0v) is 11.8. The van der Waals surface area contributed by atoms with Crippen molar-refractivity contribution in [2.24, 2.45) is 17.1 Å². The van der Waals surface area contributed by atoms with Crippen LogP contribution in [-0.2, 0) is 4.79 Å². The Morgan fingerprint density at radius 2 is 2.05 bits per heavy atom. The molecule has 0 unspecified atom stereocenters. The van der Waals surface area contributed by atoms with E-state index in [1.54, 1.807) is 6.07 Å². The molecule has 2 saturated carbocycles. The van der Waals surface area contributed by atoms with Crippen molar-refractivity contribution in [1.29, 1.82) is 0 Å². The Morgan fingerprint density at radius 3 is 2.68 bits per heavy atom. The number of rotatable bonds is 2. The largest absolute Gasteiger partial charge is 0.328 e. The van der Waals surface area contributed by atoms with E-state index in [-0.39, 0.29) is 17.0 Å². The van der Waals surface area contributed by atoms with Gasteiger partial charge in [0, 0.05) is 18.2 Å². The first-order chi connectivity index (χ1) is 8.97. The molecule has 0 radical (unpaired) electrons. The summed E-state index contributed by atoms with van der Waals surface area (Å²) in [5.41, 5.74) is 6.63. The summed E-state index contributed by atoms with van der Waals surface area (Å²) in [7, 11) is 0. The molecule has 1 aromatic heterocycles. The van der Waals surface area contributed by atoms with Gasteiger partial charge in [0.25, 0.3) is 0 Å². The Bertz CT molecular complexity index is 521. The van der Waals surface area contributed by atoms with Gasteiger partial charge in [-0.2, -0.15) is 0 Å². The number of nitrogens with two attached hydrogens (primary N) is 1. The van der Waals surface area contributed by atoms with Crippen LogP contribution >= 0.6 is 23.2 Å². The standard InChI is InChI=1S/C13H15Cl2N3O/c14-8-1-10(11(15)17-6-8)18-12(19)7-2-13(3-7)4-9(16)5-13/h1,6-7,9H,2-5,16H2,(H,18,19). The molecule has 1 spiro atoms. The summed E-state index contributed by atoms with van der Waals surface area (Å²) < 4.78 is 0. The van der Waals surface area contributed by atoms with E-state index >= 15 is 0 Å². The fourth-order valence-electron chi connectivity index (χ4n) is 3.30. The van der Waals surface area contributed by atoms with Gasteiger partial charge in [-0.1, -0.05) is 23.2 Å². The van der Waals surface area contributed by atoms with Gasteiger partial charge < -0.3 is 11.1 Å². The van der Waals surface area contributed by atoms with E-state index in [0.29, 0.717) is 22.2 Å². The fraction of sp³-hybridized carbons (Fsp3) is 0.538. The van der Waals surface area contributed by atoms with Crippen molar-refractivity contribution in [3.8, 4) is 0 Å². The minimum absolute atomic E-state index is 0.00272. The number of amides is 1. The van der Waals surface area contributed by atoms with E-state index in [1.807, 2.05) is 0 Å². The van der Waals surface area contributed by atoms with Crippen LogP contribution in [0.4, 0.5) is 5.69 Å². The Hall–Kier alpha value is -0.840. The second kappa shape index (κ2) is 4.62. The van der Waals surface area contributed by atoms with Crippen LogP contribution in [0, 0.1) is 11.3 Å². The molecule has 1 aromatic rings. The molecule has 102 valence electrons. The molecule has 3 N–H and O–H groups in total. The molecule has 0 bridgehead atoms. The second-order valence-corrected chi connectivity index (χ2v) is 6.55. The quantitative estimate of drug-likeness (QED) is 0.825. The molecule has 6 heteroatoms. The first-order valence-corrected chi connectivity index (χ1v) is 7.11. The third kappa shape index (κ3) is 2.45. The highest BCUT2D eigenvalue weighted by atomic mass is 35.5. The Morgan fingerprint density at radius 1 is 1.37 bits per heavy atom. The number of aromatic nitrogens is 1. The second-order valence-electron chi connectivity index (χ2n) is 5.75. The summed E-state index contributed by atoms with van der Waals surface area (Å²) in [6, 6.07) is 1.94. The number of pyridine rings is 1. The summed E-state index contributed by atoms with van der Waals surface area (Å²) in [5, 5.41) is 3.52. The number of nitrogens with one attached hydrogen (secondary N) is 1. The summed E-state index contributed by atoms with van der Waals surface area (Å²) in [5.74, 6) is 0.0552. The number of anilines is 1. The predicted octanol–water partition coefficient (Wildman–Crippen LogP) is 2.84. The van der Waals surface area contributed by atoms with Gasteiger partial charge in [0.15, 0.2) is 5.15 Å². The smallest absolute Gasteiger partial charge is 0.227 e. The van der Waals surface area contributed by atoms with Gasteiger partial charge in [0.2, 0.25) is 5.91 Å². The van der Waals surface area contributed by atoms with Crippen molar-refractivity contribution in [3.63, 3.8) is 0 Å². The van der Waals surface area contributed by atoms with Crippen molar-refractivity contribution < 1.29 is 4.79 Å². The molecule has 3 rings (SSSR count). The zero-order chi connectivity index (χ0) is 13.6. The third-order valence-corrected chi connectivity index (χ3v) is 4.69. The molecule has 19 heavy (non-hydrogen) atoms. The number of nitrogens with zero attached hydrogens (tertiary/aromatic N) is 1. The van der Waals surface area contributed by atoms with Gasteiger partial charge in [-0.25, -0.2) is 4.98 Å². The maximum atomic E-state index is 12.1. The van der Waals surface area contributed by atoms with Gasteiger partial charge in [-0.05, 0) is 37.2 Å². The van der Waals surface area contributed by atoms with Crippen LogP contribution in [0.2, 0.25) is 10.2 Å². The van der Waals surface area contributed by atoms with E-state index in [1.165, 1.54) is 6.20 Å². The normalized spacial score (nSPS) is 32.6. The van der Waals surface area contributed by atoms with Crippen LogP contribution < -0.4 is 11.1 Å². The van der Waals surface area contributed by atoms with Crippen LogP contribution in [0.1, 0.15) is 25.7 Å². The Balaban J connectivity index is 1.59. The molecule has 2 fully saturated rings. The van der Waals surface area contributed by atoms with Crippen molar-refractivity contribution in [2.45, 2.75) is 31.7 Å². The van der Waals surface area contributed by atoms with Gasteiger partial charge in [0.1, 0.15) is 0 Å². The summed E-state index contributed by atoms with van der Waals surface area (Å²) in [6.45, 7) is 0. The highest BCUT2D eigenvalue weighted by Crippen LogP contribution is 2.58. The van der Waals surface area contributed by atoms with Gasteiger partial charge in [-0.3, -0.25) is 4.79 Å². The Kier molecular flexibility index (Phi) is 3.20. The van der Waals surface area contributed by atoms with Gasteiger partial charge in [0.05, 0.1) is 10.7 Å². The third-order valence-electron chi connectivity index (χ3n) is 4.18. The number of halogens is 2. The molecule has 0 atom stereocenters. The summed E-state index contributed by atoms with van der Waals surface area (Å²) in [6.07, 6.45) is 5.41. The summed E-state index contributed by atoms with van der Waals surface area (Å²) >= 11 is 11.8. The first-order valence-electron chi connectivity index (χ1n) is 6.35. The lowest BCUT2D eigenvalue weighted by Crippen LogP contribution is -2.55. The monoisotopic (exact) mass is 299 g/mol. The minimum Gasteiger partial charge on any atom is -0.328 e. The maximum Gasteiger partial charge on any atom is 0.227 e. The number of hydrogen-bond donors (Lipinski definition) is 2. The maximum absolute atomic E-state index is 12.1. The average Bonchev–Trinajstić information content (AvgIpc) is 2.26. The average molecular weight is 300 g/mol. The minimum atomic E-state index is -0.00272. The lowest BCUT2D eigenvalue weighted by atomic mass is 9.50. The van der Waals surface area contributed by atoms with Crippen molar-refractivity contribution >= 4 is 34.8 Å². The van der Waals surface area contributed by atoms with E-state index in [4.69, 9.17) is 28.9 Å². The topological polar surface area (TPSA) is 68.0 Å². The molecule has 0 aromatic carbocycles. The number of hydrogen-bond acceptors (Lipinski definition) is 3. The van der Waals surface area contributed by atoms with E-state index < -0.39 is 0 Å². The van der Waals surface area contributed by atoms with Crippen LogP contribution in [0.25, 0.3) is 0 Å². The van der Waals surface area contributed by atoms with E-state index in [9.17, 15) is 4.79 Å². The molecule has 2 aliphatic carbocycles. The Labute approximate surface area is 121 Å². The molecule has 0 saturated heterocycles. The molecular weight excluding hydrogens is 285 g/mol. The predicted molar refractivity (Wildman–Crippen MR) is 75.3 cm³/mol. The van der Waals surface area contributed by atoms with Gasteiger partial charge >= 0.3 is 0 Å². The number of carbonyl (C=O) groups is 1. The zero-order valence-electron chi connectivity index (χ0n) is 10.3. The molecule has 1 heterocycles. The van der Waals surface area contributed by atoms with Crippen LogP contribution in [0.5, 0.6) is 0 Å². The van der Waals surface area contributed by atoms with Crippen molar-refractivity contribution in [1.82, 2.24) is 4.98 Å². The fourth-order valence-corrected chi connectivity index (χ4v) is 3.61. The highest BCUT2D eigenvalue weighted by molar-refractivity contribution is 6.34. The number of carbonyl (C=O) groups excluding carboxylic acids is 1. The SMILES string of the molecule is NC1CC2(C1)CC(C(=O)Nc1cc(Cl)cnc1Cl)C2. The van der Waals surface area contributed by atoms with E-state index in [2.05, 4.69) is 10.3 Å². The molecule has 1 amide bonds. The molecule has 4 nitrogen and oxygen atoms in total. The van der Waals surface area contributed by atoms with Crippen molar-refractivity contribution in [2.75, 3.05) is 5.32 Å². The molecule has 2 aliphatic rings. The van der Waals surface area contributed by atoms with Crippen molar-refractivity contribution in [3.05, 3.63) is 22.4 Å². The highest BCUT2D eigenvalue weighted by Gasteiger charge is 2.53. The lowest BCUT2D eigenvalue weighted by Gasteiger charge is -2.56. The lowest BCUT2D eigenvalue weighted by molar-refractivity contribution is -0.132. The first kappa shape index (κ1) is 13.2. The van der Waals surface area contributed by atoms with Gasteiger partial charge in [-0.15, -0.1) is 0 Å². The summed E-state index contributed by atoms with van der Waals surface area (Å²) in [4.78, 5) is 16.0. The van der Waals surface area contributed by atoms with Crippen LogP contribution in [0.15, 0.2) is 12.3 Å². The molecular formula is C13H15Cl2N3O. The van der Waals surface area contributed by atoms with E-state index in [0.717, 1.165) is 25.7 Å². The van der Waals surface area contributed by atoms with Crippen LogP contribution in [0.3, 0.4) is 0 Å². The molecule has 0 aliphatic heterocycles. The van der Waals surface area contributed by atoms with Crippen LogP contribution in [-0.4, -0.2) is 16.9 Å².